The molecule has 0 saturated heterocycles. The quantitative estimate of drug-likeness (QED) is 0.227. The van der Waals surface area contributed by atoms with Gasteiger partial charge in [0, 0.05) is 18.9 Å². The minimum absolute atomic E-state index is 0.0457. The molecule has 4 aromatic rings. The van der Waals surface area contributed by atoms with Crippen LogP contribution in [-0.4, -0.2) is 64.0 Å². The number of amides is 1. The van der Waals surface area contributed by atoms with Gasteiger partial charge in [0.2, 0.25) is 11.7 Å². The van der Waals surface area contributed by atoms with Crippen LogP contribution in [0.1, 0.15) is 60.7 Å². The monoisotopic (exact) mass is 617 g/mol. The molecule has 0 spiro atoms. The first-order valence-corrected chi connectivity index (χ1v) is 12.8. The fraction of sp³-hybridized carbons (Fsp3) is 0.280. The Morgan fingerprint density at radius 1 is 1.23 bits per heavy atom. The van der Waals surface area contributed by atoms with E-state index in [1.807, 2.05) is 0 Å². The Labute approximate surface area is 243 Å². The first-order chi connectivity index (χ1) is 20.5. The molecule has 0 aliphatic carbocycles. The summed E-state index contributed by atoms with van der Waals surface area (Å²) >= 11 is 6.00. The van der Waals surface area contributed by atoms with Crippen molar-refractivity contribution in [3.8, 4) is 16.9 Å². The van der Waals surface area contributed by atoms with Gasteiger partial charge in [0.1, 0.15) is 29.6 Å². The maximum atomic E-state index is 15.3. The number of hydrogen-bond acceptors (Lipinski definition) is 11. The number of nitrogens with zero attached hydrogens (tertiary/aromatic N) is 8. The van der Waals surface area contributed by atoms with E-state index in [0.29, 0.717) is 0 Å². The van der Waals surface area contributed by atoms with Gasteiger partial charge in [-0.2, -0.15) is 4.68 Å². The number of hydrogen-bond donors (Lipinski definition) is 1. The van der Waals surface area contributed by atoms with Gasteiger partial charge in [0.25, 0.3) is 12.0 Å². The molecule has 43 heavy (non-hydrogen) atoms. The fourth-order valence-corrected chi connectivity index (χ4v) is 4.76. The molecule has 0 unspecified atom stereocenters. The summed E-state index contributed by atoms with van der Waals surface area (Å²) in [6.07, 6.45) is -1.05. The van der Waals surface area contributed by atoms with E-state index in [-0.39, 0.29) is 40.0 Å². The molecule has 0 bridgehead atoms. The number of aromatic nitrogens is 8. The van der Waals surface area contributed by atoms with Crippen LogP contribution in [0.4, 0.5) is 19.0 Å². The lowest BCUT2D eigenvalue weighted by Crippen LogP contribution is -2.30. The molecule has 4 heterocycles. The summed E-state index contributed by atoms with van der Waals surface area (Å²) in [6, 6.07) is 2.54. The number of esters is 1. The topological polar surface area (TPSA) is 177 Å². The van der Waals surface area contributed by atoms with Gasteiger partial charge in [-0.1, -0.05) is 18.5 Å². The summed E-state index contributed by atoms with van der Waals surface area (Å²) in [7, 11) is 0. The average molecular weight is 618 g/mol. The number of benzene rings is 1. The fourth-order valence-electron chi connectivity index (χ4n) is 4.60. The SMILES string of the molecule is CC(=O)Nc1cnc(C(=O)COC(=O)[C@@H]2C[C@H](C)c3nc(-c4c(-n5cnnn5)ccc(Cl)c4F)cc(=O)n32)c(C(F)F)n1. The summed E-state index contributed by atoms with van der Waals surface area (Å²) in [6.45, 7) is 1.84. The summed E-state index contributed by atoms with van der Waals surface area (Å²) in [4.78, 5) is 61.7. The van der Waals surface area contributed by atoms with Gasteiger partial charge in [-0.05, 0) is 29.0 Å². The molecule has 0 saturated carbocycles. The van der Waals surface area contributed by atoms with Crippen LogP contribution in [0.25, 0.3) is 16.9 Å². The lowest BCUT2D eigenvalue weighted by molar-refractivity contribution is -0.146. The molecule has 1 aromatic carbocycles. The Kier molecular flexibility index (Phi) is 7.99. The van der Waals surface area contributed by atoms with Crippen molar-refractivity contribution in [2.75, 3.05) is 11.9 Å². The zero-order chi connectivity index (χ0) is 31.0. The van der Waals surface area contributed by atoms with Gasteiger partial charge >= 0.3 is 5.97 Å². The number of Topliss-reactive ketones (excluding diaryl/α,β-unsaturated/α-hetero) is 1. The van der Waals surface area contributed by atoms with Crippen molar-refractivity contribution in [1.29, 1.82) is 0 Å². The van der Waals surface area contributed by atoms with Crippen molar-refractivity contribution in [3.63, 3.8) is 0 Å². The number of carbonyl (C=O) groups is 3. The van der Waals surface area contributed by atoms with Gasteiger partial charge < -0.3 is 10.1 Å². The number of fused-ring (bicyclic) bond motifs is 1. The van der Waals surface area contributed by atoms with Crippen LogP contribution in [0.15, 0.2) is 35.5 Å². The predicted octanol–water partition coefficient (Wildman–Crippen LogP) is 2.84. The third kappa shape index (κ3) is 5.70. The molecule has 0 fully saturated rings. The molecule has 5 rings (SSSR count). The number of ketones is 1. The normalized spacial score (nSPS) is 15.8. The second-order valence-corrected chi connectivity index (χ2v) is 9.78. The molecule has 1 aliphatic rings. The highest BCUT2D eigenvalue weighted by molar-refractivity contribution is 6.31. The molecule has 18 heteroatoms. The molecule has 2 atom stereocenters. The zero-order valence-electron chi connectivity index (χ0n) is 22.2. The summed E-state index contributed by atoms with van der Waals surface area (Å²) in [5, 5.41) is 12.8. The highest BCUT2D eigenvalue weighted by atomic mass is 35.5. The Morgan fingerprint density at radius 2 is 2.00 bits per heavy atom. The van der Waals surface area contributed by atoms with Crippen molar-refractivity contribution in [1.82, 2.24) is 39.7 Å². The van der Waals surface area contributed by atoms with Gasteiger partial charge in [-0.25, -0.2) is 32.9 Å². The van der Waals surface area contributed by atoms with Gasteiger partial charge in [0.15, 0.2) is 18.2 Å². The number of carbonyl (C=O) groups excluding carboxylic acids is 3. The summed E-state index contributed by atoms with van der Waals surface area (Å²) < 4.78 is 49.7. The van der Waals surface area contributed by atoms with E-state index in [9.17, 15) is 28.0 Å². The molecule has 1 aliphatic heterocycles. The molecule has 222 valence electrons. The summed E-state index contributed by atoms with van der Waals surface area (Å²) in [5.41, 5.74) is -2.56. The Balaban J connectivity index is 1.40. The van der Waals surface area contributed by atoms with Crippen molar-refractivity contribution < 1.29 is 32.3 Å². The highest BCUT2D eigenvalue weighted by Crippen LogP contribution is 2.37. The van der Waals surface area contributed by atoms with Crippen molar-refractivity contribution in [2.45, 2.75) is 38.7 Å². The van der Waals surface area contributed by atoms with Crippen molar-refractivity contribution in [3.05, 3.63) is 69.1 Å². The Morgan fingerprint density at radius 3 is 2.67 bits per heavy atom. The molecule has 14 nitrogen and oxygen atoms in total. The standard InChI is InChI=1S/C25H19ClF3N9O5/c1-10-5-15(25(42)43-8-16(40)21-22(23(28)29)34-17(7-30-21)32-11(2)39)38-18(41)6-13(33-24(10)38)19-14(37-9-31-35-36-37)4-3-12(26)20(19)27/h3-4,6-7,9-10,15,23H,5,8H2,1-2H3,(H,32,34,39)/t10-,15-/m0/s1. The van der Waals surface area contributed by atoms with Crippen LogP contribution in [0.5, 0.6) is 0 Å². The molecule has 3 aromatic heterocycles. The second-order valence-electron chi connectivity index (χ2n) is 9.37. The van der Waals surface area contributed by atoms with Gasteiger partial charge in [0.05, 0.1) is 28.2 Å². The minimum Gasteiger partial charge on any atom is -0.456 e. The second kappa shape index (κ2) is 11.7. The summed E-state index contributed by atoms with van der Waals surface area (Å²) in [5.74, 6) is -4.18. The number of ether oxygens (including phenoxy) is 1. The maximum absolute atomic E-state index is 15.3. The molecule has 0 radical (unpaired) electrons. The lowest BCUT2D eigenvalue weighted by atomic mass is 10.1. The lowest BCUT2D eigenvalue weighted by Gasteiger charge is -2.15. The van der Waals surface area contributed by atoms with Crippen LogP contribution >= 0.6 is 11.6 Å². The van der Waals surface area contributed by atoms with Gasteiger partial charge in [-0.3, -0.25) is 19.0 Å². The number of rotatable bonds is 8. The number of anilines is 1. The van der Waals surface area contributed by atoms with E-state index in [2.05, 4.69) is 35.8 Å². The molecular formula is C25H19ClF3N9O5. The predicted molar refractivity (Wildman–Crippen MR) is 140 cm³/mol. The largest absolute Gasteiger partial charge is 0.456 e. The van der Waals surface area contributed by atoms with Crippen LogP contribution < -0.4 is 10.9 Å². The first-order valence-electron chi connectivity index (χ1n) is 12.4. The van der Waals surface area contributed by atoms with Crippen LogP contribution in [-0.2, 0) is 14.3 Å². The number of alkyl halides is 2. The average Bonchev–Trinajstić information content (AvgIpc) is 3.61. The van der Waals surface area contributed by atoms with Crippen LogP contribution in [0.2, 0.25) is 5.02 Å². The Hall–Kier alpha value is -5.06. The van der Waals surface area contributed by atoms with Crippen LogP contribution in [0, 0.1) is 5.82 Å². The van der Waals surface area contributed by atoms with E-state index in [1.54, 1.807) is 6.92 Å². The number of nitrogens with one attached hydrogen (secondary N) is 1. The first kappa shape index (κ1) is 29.4. The number of halogens is 4. The third-order valence-corrected chi connectivity index (χ3v) is 6.72. The van der Waals surface area contributed by atoms with E-state index in [4.69, 9.17) is 16.3 Å². The van der Waals surface area contributed by atoms with Crippen LogP contribution in [0.3, 0.4) is 0 Å². The smallest absolute Gasteiger partial charge is 0.329 e. The molecule has 1 N–H and O–H groups in total. The van der Waals surface area contributed by atoms with Crippen molar-refractivity contribution >= 4 is 35.1 Å². The van der Waals surface area contributed by atoms with E-state index >= 15 is 4.39 Å². The highest BCUT2D eigenvalue weighted by Gasteiger charge is 2.37. The minimum atomic E-state index is -3.22. The number of tetrazole rings is 1. The zero-order valence-corrected chi connectivity index (χ0v) is 22.9. The van der Waals surface area contributed by atoms with E-state index in [0.717, 1.165) is 23.8 Å². The molecule has 1 amide bonds. The van der Waals surface area contributed by atoms with Crippen molar-refractivity contribution in [2.24, 2.45) is 0 Å². The molecular weight excluding hydrogens is 599 g/mol. The van der Waals surface area contributed by atoms with E-state index in [1.165, 1.54) is 23.1 Å². The maximum Gasteiger partial charge on any atom is 0.329 e. The Bertz CT molecular complexity index is 1820. The third-order valence-electron chi connectivity index (χ3n) is 6.43. The van der Waals surface area contributed by atoms with E-state index < -0.39 is 65.4 Å². The van der Waals surface area contributed by atoms with Gasteiger partial charge in [-0.15, -0.1) is 5.10 Å².